The molecular formula is C14H13N3. The lowest BCUT2D eigenvalue weighted by Gasteiger charge is -2.27. The first-order valence-electron chi connectivity index (χ1n) is 5.93. The van der Waals surface area contributed by atoms with E-state index in [1.165, 1.54) is 19.3 Å². The van der Waals surface area contributed by atoms with Crippen LogP contribution >= 0.6 is 0 Å². The summed E-state index contributed by atoms with van der Waals surface area (Å²) >= 11 is 0. The summed E-state index contributed by atoms with van der Waals surface area (Å²) in [7, 11) is 0. The fourth-order valence-corrected chi connectivity index (χ4v) is 2.06. The van der Waals surface area contributed by atoms with Crippen LogP contribution in [0.1, 0.15) is 24.8 Å². The van der Waals surface area contributed by atoms with Gasteiger partial charge in [0.15, 0.2) is 0 Å². The molecule has 1 N–H and O–H groups in total. The molecule has 1 aromatic heterocycles. The van der Waals surface area contributed by atoms with Crippen molar-refractivity contribution in [2.24, 2.45) is 0 Å². The molecule has 0 amide bonds. The van der Waals surface area contributed by atoms with Gasteiger partial charge in [0, 0.05) is 11.4 Å². The molecule has 0 atom stereocenters. The highest BCUT2D eigenvalue weighted by Gasteiger charge is 2.19. The van der Waals surface area contributed by atoms with Crippen LogP contribution in [-0.2, 0) is 0 Å². The maximum atomic E-state index is 9.15. The molecule has 1 saturated carbocycles. The summed E-state index contributed by atoms with van der Waals surface area (Å²) in [4.78, 5) is 4.53. The van der Waals surface area contributed by atoms with Crippen molar-refractivity contribution in [1.82, 2.24) is 4.98 Å². The van der Waals surface area contributed by atoms with Gasteiger partial charge in [0.05, 0.1) is 11.1 Å². The summed E-state index contributed by atoms with van der Waals surface area (Å²) in [5, 5.41) is 13.5. The average Bonchev–Trinajstić information content (AvgIpc) is 2.32. The number of nitriles is 1. The number of aromatic nitrogens is 1. The molecule has 0 aliphatic heterocycles. The van der Waals surface area contributed by atoms with E-state index in [4.69, 9.17) is 5.26 Å². The first-order valence-corrected chi connectivity index (χ1v) is 5.93. The summed E-state index contributed by atoms with van der Waals surface area (Å²) < 4.78 is 0. The van der Waals surface area contributed by atoms with Crippen LogP contribution in [0.4, 0.5) is 5.82 Å². The van der Waals surface area contributed by atoms with Gasteiger partial charge < -0.3 is 5.32 Å². The third kappa shape index (κ3) is 1.83. The molecule has 1 aliphatic carbocycles. The second-order valence-electron chi connectivity index (χ2n) is 4.46. The Bertz CT molecular complexity index is 594. The van der Waals surface area contributed by atoms with Crippen molar-refractivity contribution in [2.45, 2.75) is 25.3 Å². The molecule has 3 nitrogen and oxygen atoms in total. The number of pyridine rings is 1. The Balaban J connectivity index is 2.05. The van der Waals surface area contributed by atoms with E-state index in [1.807, 2.05) is 30.3 Å². The average molecular weight is 223 g/mol. The maximum absolute atomic E-state index is 9.15. The first kappa shape index (κ1) is 10.1. The van der Waals surface area contributed by atoms with Crippen LogP contribution < -0.4 is 5.32 Å². The highest BCUT2D eigenvalue weighted by atomic mass is 15.0. The predicted molar refractivity (Wildman–Crippen MR) is 67.7 cm³/mol. The molecule has 0 bridgehead atoms. The van der Waals surface area contributed by atoms with E-state index in [9.17, 15) is 0 Å². The summed E-state index contributed by atoms with van der Waals surface area (Å²) in [6.07, 6.45) is 3.63. The first-order chi connectivity index (χ1) is 8.36. The van der Waals surface area contributed by atoms with Crippen molar-refractivity contribution in [2.75, 3.05) is 5.32 Å². The van der Waals surface area contributed by atoms with E-state index in [0.29, 0.717) is 11.6 Å². The lowest BCUT2D eigenvalue weighted by Crippen LogP contribution is -2.27. The Labute approximate surface area is 100 Å². The molecule has 1 heterocycles. The number of nitrogens with one attached hydrogen (secondary N) is 1. The van der Waals surface area contributed by atoms with Crippen LogP contribution in [0.2, 0.25) is 0 Å². The van der Waals surface area contributed by atoms with Crippen molar-refractivity contribution in [3.05, 3.63) is 35.9 Å². The van der Waals surface area contributed by atoms with Gasteiger partial charge in [-0.05, 0) is 31.4 Å². The predicted octanol–water partition coefficient (Wildman–Crippen LogP) is 3.07. The van der Waals surface area contributed by atoms with Crippen molar-refractivity contribution in [3.8, 4) is 6.07 Å². The van der Waals surface area contributed by atoms with Crippen molar-refractivity contribution in [1.29, 1.82) is 5.26 Å². The molecule has 84 valence electrons. The Morgan fingerprint density at radius 2 is 2.12 bits per heavy atom. The zero-order valence-corrected chi connectivity index (χ0v) is 9.48. The van der Waals surface area contributed by atoms with Gasteiger partial charge in [-0.25, -0.2) is 4.98 Å². The zero-order valence-electron chi connectivity index (χ0n) is 9.48. The van der Waals surface area contributed by atoms with Crippen LogP contribution in [0.25, 0.3) is 10.9 Å². The molecule has 2 aromatic rings. The van der Waals surface area contributed by atoms with Gasteiger partial charge in [0.25, 0.3) is 0 Å². The number of benzene rings is 1. The molecule has 1 aromatic carbocycles. The number of fused-ring (bicyclic) bond motifs is 1. The number of nitrogens with zero attached hydrogens (tertiary/aromatic N) is 2. The number of para-hydroxylation sites is 1. The second kappa shape index (κ2) is 4.06. The van der Waals surface area contributed by atoms with Crippen LogP contribution in [0.5, 0.6) is 0 Å². The third-order valence-corrected chi connectivity index (χ3v) is 3.29. The molecule has 17 heavy (non-hydrogen) atoms. The van der Waals surface area contributed by atoms with Crippen molar-refractivity contribution in [3.63, 3.8) is 0 Å². The molecule has 0 radical (unpaired) electrons. The van der Waals surface area contributed by atoms with Crippen LogP contribution in [0.15, 0.2) is 30.3 Å². The summed E-state index contributed by atoms with van der Waals surface area (Å²) in [5.41, 5.74) is 1.57. The quantitative estimate of drug-likeness (QED) is 0.851. The number of anilines is 1. The van der Waals surface area contributed by atoms with E-state index in [1.54, 1.807) is 0 Å². The van der Waals surface area contributed by atoms with Gasteiger partial charge in [0.2, 0.25) is 0 Å². The Morgan fingerprint density at radius 3 is 2.82 bits per heavy atom. The van der Waals surface area contributed by atoms with E-state index >= 15 is 0 Å². The monoisotopic (exact) mass is 223 g/mol. The van der Waals surface area contributed by atoms with Gasteiger partial charge in [0.1, 0.15) is 11.9 Å². The highest BCUT2D eigenvalue weighted by molar-refractivity contribution is 5.82. The Kier molecular flexibility index (Phi) is 2.41. The van der Waals surface area contributed by atoms with Gasteiger partial charge in [-0.2, -0.15) is 5.26 Å². The van der Waals surface area contributed by atoms with Crippen molar-refractivity contribution >= 4 is 16.7 Å². The standard InChI is InChI=1S/C14H13N3/c15-9-11-8-10-4-1-2-7-13(10)17-14(11)16-12-5-3-6-12/h1-2,4,7-8,12H,3,5-6H2,(H,16,17). The lowest BCUT2D eigenvalue weighted by atomic mass is 9.93. The van der Waals surface area contributed by atoms with Gasteiger partial charge in [-0.3, -0.25) is 0 Å². The maximum Gasteiger partial charge on any atom is 0.144 e. The fraction of sp³-hybridized carbons (Fsp3) is 0.286. The second-order valence-corrected chi connectivity index (χ2v) is 4.46. The van der Waals surface area contributed by atoms with E-state index < -0.39 is 0 Å². The molecule has 1 aliphatic rings. The largest absolute Gasteiger partial charge is 0.366 e. The zero-order chi connectivity index (χ0) is 11.7. The minimum atomic E-state index is 0.496. The summed E-state index contributed by atoms with van der Waals surface area (Å²) in [6.45, 7) is 0. The van der Waals surface area contributed by atoms with Crippen LogP contribution in [0, 0.1) is 11.3 Å². The number of rotatable bonds is 2. The molecule has 0 unspecified atom stereocenters. The van der Waals surface area contributed by atoms with Gasteiger partial charge in [-0.1, -0.05) is 18.2 Å². The molecule has 0 spiro atoms. The molecule has 0 saturated heterocycles. The summed E-state index contributed by atoms with van der Waals surface area (Å²) in [6, 6.07) is 12.5. The lowest BCUT2D eigenvalue weighted by molar-refractivity contribution is 0.444. The van der Waals surface area contributed by atoms with Crippen LogP contribution in [0.3, 0.4) is 0 Å². The van der Waals surface area contributed by atoms with E-state index in [-0.39, 0.29) is 0 Å². The fourth-order valence-electron chi connectivity index (χ4n) is 2.06. The van der Waals surface area contributed by atoms with Crippen molar-refractivity contribution < 1.29 is 0 Å². The van der Waals surface area contributed by atoms with E-state index in [0.717, 1.165) is 16.7 Å². The van der Waals surface area contributed by atoms with Gasteiger partial charge >= 0.3 is 0 Å². The molecule has 3 rings (SSSR count). The highest BCUT2D eigenvalue weighted by Crippen LogP contribution is 2.26. The number of hydrogen-bond acceptors (Lipinski definition) is 3. The normalized spacial score (nSPS) is 15.2. The Morgan fingerprint density at radius 1 is 1.29 bits per heavy atom. The van der Waals surface area contributed by atoms with Gasteiger partial charge in [-0.15, -0.1) is 0 Å². The SMILES string of the molecule is N#Cc1cc2ccccc2nc1NC1CCC1. The topological polar surface area (TPSA) is 48.7 Å². The van der Waals surface area contributed by atoms with E-state index in [2.05, 4.69) is 16.4 Å². The van der Waals surface area contributed by atoms with Crippen LogP contribution in [-0.4, -0.2) is 11.0 Å². The smallest absolute Gasteiger partial charge is 0.144 e. The third-order valence-electron chi connectivity index (χ3n) is 3.29. The summed E-state index contributed by atoms with van der Waals surface area (Å²) in [5.74, 6) is 0.732. The molecular weight excluding hydrogens is 210 g/mol. The Hall–Kier alpha value is -2.08. The molecule has 3 heteroatoms. The minimum absolute atomic E-state index is 0.496. The minimum Gasteiger partial charge on any atom is -0.366 e. The molecule has 1 fully saturated rings. The number of hydrogen-bond donors (Lipinski definition) is 1.